The van der Waals surface area contributed by atoms with Gasteiger partial charge in [0.25, 0.3) is 0 Å². The van der Waals surface area contributed by atoms with Gasteiger partial charge in [0.15, 0.2) is 0 Å². The Balaban J connectivity index is 0. The summed E-state index contributed by atoms with van der Waals surface area (Å²) in [6.45, 7) is 2.07. The van der Waals surface area contributed by atoms with Gasteiger partial charge >= 0.3 is 6.16 Å². The van der Waals surface area contributed by atoms with Crippen LogP contribution in [0.4, 0.5) is 4.79 Å². The number of rotatable bonds is 3. The van der Waals surface area contributed by atoms with E-state index in [1.54, 1.807) is 13.3 Å². The second-order valence-corrected chi connectivity index (χ2v) is 2.28. The normalized spacial score (nSPS) is 9.00. The molecule has 7 nitrogen and oxygen atoms in total. The number of carbonyl (C=O) groups is 1. The van der Waals surface area contributed by atoms with Crippen molar-refractivity contribution in [3.63, 3.8) is 0 Å². The first-order valence-electron chi connectivity index (χ1n) is 3.93. The van der Waals surface area contributed by atoms with Gasteiger partial charge in [0.1, 0.15) is 0 Å². The highest BCUT2D eigenvalue weighted by Crippen LogP contribution is 1.83. The molecule has 0 aromatic heterocycles. The van der Waals surface area contributed by atoms with E-state index in [0.29, 0.717) is 0 Å². The summed E-state index contributed by atoms with van der Waals surface area (Å²) in [6.07, 6.45) is 1.91. The fourth-order valence-electron chi connectivity index (χ4n) is 0.372. The number of unbranched alkanes of at least 4 members (excludes halogenated alkanes) is 1. The number of hydrogen-bond donors (Lipinski definition) is 4. The molecule has 0 unspecified atom stereocenters. The van der Waals surface area contributed by atoms with Crippen LogP contribution >= 0.6 is 0 Å². The SMILES string of the molecule is CCCC=NN(C)C(=N)N.O=C(O)O. The average Bonchev–Trinajstić information content (AvgIpc) is 2.03. The third-order valence-electron chi connectivity index (χ3n) is 1.02. The van der Waals surface area contributed by atoms with Crippen molar-refractivity contribution >= 4 is 18.3 Å². The van der Waals surface area contributed by atoms with Crippen LogP contribution in [0.2, 0.25) is 0 Å². The van der Waals surface area contributed by atoms with Crippen LogP contribution in [0.15, 0.2) is 5.10 Å². The Morgan fingerprint density at radius 2 is 2.07 bits per heavy atom. The number of nitrogens with zero attached hydrogens (tertiary/aromatic N) is 2. The van der Waals surface area contributed by atoms with E-state index in [1.807, 2.05) is 0 Å². The molecule has 0 saturated carbocycles. The second kappa shape index (κ2) is 9.30. The predicted molar refractivity (Wildman–Crippen MR) is 53.7 cm³/mol. The Hall–Kier alpha value is -1.79. The fourth-order valence-corrected chi connectivity index (χ4v) is 0.372. The average molecular weight is 204 g/mol. The summed E-state index contributed by atoms with van der Waals surface area (Å²) in [5, 5.41) is 26.1. The lowest BCUT2D eigenvalue weighted by Gasteiger charge is -2.07. The second-order valence-electron chi connectivity index (χ2n) is 2.28. The molecule has 0 radical (unpaired) electrons. The molecular formula is C7H16N4O3. The standard InChI is InChI=1S/C6H14N4.CH2O3/c1-3-4-5-9-10(2)6(7)8;2-1(3)4/h5H,3-4H2,1-2H3,(H3,7,8);(H2,2,3,4). The summed E-state index contributed by atoms with van der Waals surface area (Å²) in [6, 6.07) is 0. The van der Waals surface area contributed by atoms with Gasteiger partial charge in [-0.1, -0.05) is 13.3 Å². The van der Waals surface area contributed by atoms with E-state index in [9.17, 15) is 0 Å². The van der Waals surface area contributed by atoms with Crippen LogP contribution in [0.1, 0.15) is 19.8 Å². The predicted octanol–water partition coefficient (Wildman–Crippen LogP) is 0.820. The molecule has 0 rings (SSSR count). The summed E-state index contributed by atoms with van der Waals surface area (Å²) in [5.41, 5.74) is 5.11. The maximum atomic E-state index is 8.56. The first-order valence-corrected chi connectivity index (χ1v) is 3.93. The summed E-state index contributed by atoms with van der Waals surface area (Å²) < 4.78 is 0. The topological polar surface area (TPSA) is 123 Å². The highest BCUT2D eigenvalue weighted by atomic mass is 16.6. The van der Waals surface area contributed by atoms with Crippen molar-refractivity contribution in [3.8, 4) is 0 Å². The van der Waals surface area contributed by atoms with Gasteiger partial charge < -0.3 is 15.9 Å². The molecule has 0 aliphatic heterocycles. The minimum Gasteiger partial charge on any atom is -0.450 e. The van der Waals surface area contributed by atoms with E-state index in [0.717, 1.165) is 12.8 Å². The number of guanidine groups is 1. The molecule has 0 atom stereocenters. The third kappa shape index (κ3) is 16.7. The molecule has 0 heterocycles. The molecular weight excluding hydrogens is 188 g/mol. The minimum absolute atomic E-state index is 0.0349. The van der Waals surface area contributed by atoms with E-state index in [4.69, 9.17) is 26.2 Å². The molecule has 0 spiro atoms. The number of nitrogens with one attached hydrogen (secondary N) is 1. The zero-order valence-corrected chi connectivity index (χ0v) is 8.27. The summed E-state index contributed by atoms with van der Waals surface area (Å²) in [5.74, 6) is -0.0349. The molecule has 14 heavy (non-hydrogen) atoms. The van der Waals surface area contributed by atoms with Crippen molar-refractivity contribution in [1.29, 1.82) is 5.41 Å². The maximum absolute atomic E-state index is 8.56. The van der Waals surface area contributed by atoms with Crippen molar-refractivity contribution in [3.05, 3.63) is 0 Å². The van der Waals surface area contributed by atoms with Crippen molar-refractivity contribution in [1.82, 2.24) is 5.01 Å². The molecule has 0 bridgehead atoms. The largest absolute Gasteiger partial charge is 0.503 e. The van der Waals surface area contributed by atoms with E-state index in [-0.39, 0.29) is 5.96 Å². The minimum atomic E-state index is -1.83. The van der Waals surface area contributed by atoms with Crippen LogP contribution in [0.3, 0.4) is 0 Å². The van der Waals surface area contributed by atoms with Gasteiger partial charge in [-0.3, -0.25) is 5.41 Å². The molecule has 7 heteroatoms. The zero-order valence-electron chi connectivity index (χ0n) is 8.27. The molecule has 0 fully saturated rings. The Morgan fingerprint density at radius 3 is 2.36 bits per heavy atom. The van der Waals surface area contributed by atoms with Gasteiger partial charge in [0.05, 0.1) is 0 Å². The van der Waals surface area contributed by atoms with Crippen molar-refractivity contribution in [2.75, 3.05) is 7.05 Å². The van der Waals surface area contributed by atoms with Crippen LogP contribution in [-0.4, -0.2) is 40.6 Å². The summed E-state index contributed by atoms with van der Waals surface area (Å²) in [4.78, 5) is 8.56. The lowest BCUT2D eigenvalue weighted by atomic mass is 10.4. The van der Waals surface area contributed by atoms with Crippen molar-refractivity contribution < 1.29 is 15.0 Å². The number of carboxylic acid groups (broad SMARTS) is 2. The Labute approximate surface area is 82.3 Å². The maximum Gasteiger partial charge on any atom is 0.503 e. The van der Waals surface area contributed by atoms with Crippen LogP contribution < -0.4 is 5.73 Å². The Kier molecular flexibility index (Phi) is 9.78. The van der Waals surface area contributed by atoms with E-state index >= 15 is 0 Å². The molecule has 82 valence electrons. The highest BCUT2D eigenvalue weighted by molar-refractivity contribution is 5.75. The van der Waals surface area contributed by atoms with Gasteiger partial charge in [0.2, 0.25) is 5.96 Å². The van der Waals surface area contributed by atoms with Gasteiger partial charge in [-0.2, -0.15) is 5.10 Å². The first kappa shape index (κ1) is 14.7. The van der Waals surface area contributed by atoms with Gasteiger partial charge in [-0.05, 0) is 6.42 Å². The summed E-state index contributed by atoms with van der Waals surface area (Å²) in [7, 11) is 1.65. The van der Waals surface area contributed by atoms with Gasteiger partial charge in [0, 0.05) is 13.3 Å². The smallest absolute Gasteiger partial charge is 0.450 e. The Morgan fingerprint density at radius 1 is 1.64 bits per heavy atom. The van der Waals surface area contributed by atoms with Crippen molar-refractivity contribution in [2.45, 2.75) is 19.8 Å². The zero-order chi connectivity index (χ0) is 11.6. The van der Waals surface area contributed by atoms with E-state index in [2.05, 4.69) is 12.0 Å². The number of hydrogen-bond acceptors (Lipinski definition) is 3. The Bertz CT molecular complexity index is 201. The first-order chi connectivity index (χ1) is 6.41. The summed E-state index contributed by atoms with van der Waals surface area (Å²) >= 11 is 0. The molecule has 5 N–H and O–H groups in total. The van der Waals surface area contributed by atoms with E-state index in [1.165, 1.54) is 5.01 Å². The molecule has 0 saturated heterocycles. The molecule has 0 aliphatic carbocycles. The lowest BCUT2D eigenvalue weighted by molar-refractivity contribution is 0.137. The quantitative estimate of drug-likeness (QED) is 0.308. The van der Waals surface area contributed by atoms with Crippen molar-refractivity contribution in [2.24, 2.45) is 10.8 Å². The molecule has 0 aliphatic rings. The van der Waals surface area contributed by atoms with Gasteiger partial charge in [-0.25, -0.2) is 9.80 Å². The third-order valence-corrected chi connectivity index (χ3v) is 1.02. The van der Waals surface area contributed by atoms with Crippen LogP contribution in [0.25, 0.3) is 0 Å². The van der Waals surface area contributed by atoms with Crippen LogP contribution in [0, 0.1) is 5.41 Å². The monoisotopic (exact) mass is 204 g/mol. The van der Waals surface area contributed by atoms with E-state index < -0.39 is 6.16 Å². The highest BCUT2D eigenvalue weighted by Gasteiger charge is 1.90. The van der Waals surface area contributed by atoms with Gasteiger partial charge in [-0.15, -0.1) is 0 Å². The fraction of sp³-hybridized carbons (Fsp3) is 0.571. The number of hydrazone groups is 1. The molecule has 0 aromatic rings. The molecule has 0 amide bonds. The number of nitrogens with two attached hydrogens (primary N) is 1. The lowest BCUT2D eigenvalue weighted by Crippen LogP contribution is -2.28. The van der Waals surface area contributed by atoms with Crippen LogP contribution in [0.5, 0.6) is 0 Å². The van der Waals surface area contributed by atoms with Crippen LogP contribution in [-0.2, 0) is 0 Å². The molecule has 0 aromatic carbocycles.